The molecule has 0 aromatic heterocycles. The van der Waals surface area contributed by atoms with Crippen LogP contribution in [0.15, 0.2) is 0 Å². The first-order valence-corrected chi connectivity index (χ1v) is 2.24. The van der Waals surface area contributed by atoms with E-state index < -0.39 is 24.4 Å². The number of aliphatic carboxylic acids is 2. The minimum atomic E-state index is -1.29. The largest absolute Gasteiger partial charge is 0.481 e. The van der Waals surface area contributed by atoms with E-state index in [1.807, 2.05) is 0 Å². The maximum Gasteiger partial charge on any atom is 0.321 e. The van der Waals surface area contributed by atoms with Crippen LogP contribution >= 0.6 is 0 Å². The van der Waals surface area contributed by atoms with Crippen molar-refractivity contribution in [3.63, 3.8) is 0 Å². The van der Waals surface area contributed by atoms with Gasteiger partial charge in [0, 0.05) is 0 Å². The topological polar surface area (TPSA) is 101 Å². The molecule has 4 N–H and O–H groups in total. The van der Waals surface area contributed by atoms with Crippen molar-refractivity contribution >= 4 is 11.9 Å². The number of hydrogen-bond acceptors (Lipinski definition) is 3. The summed E-state index contributed by atoms with van der Waals surface area (Å²) in [6, 6.07) is -1.29. The summed E-state index contributed by atoms with van der Waals surface area (Å²) in [5.74, 6) is -2.50. The predicted molar refractivity (Wildman–Crippen MR) is 27.9 cm³/mol. The molecular formula is C4H7NO4. The molecule has 0 saturated heterocycles. The van der Waals surface area contributed by atoms with Gasteiger partial charge in [0.1, 0.15) is 6.04 Å². The summed E-state index contributed by atoms with van der Waals surface area (Å²) in [5.41, 5.74) is 4.84. The average Bonchev–Trinajstić information content (AvgIpc) is 1.63. The Morgan fingerprint density at radius 2 is 1.89 bits per heavy atom. The van der Waals surface area contributed by atoms with Crippen LogP contribution in [0.3, 0.4) is 0 Å². The first-order valence-electron chi connectivity index (χ1n) is 2.24. The molecule has 0 unspecified atom stereocenters. The third-order valence-corrected chi connectivity index (χ3v) is 0.712. The van der Waals surface area contributed by atoms with Crippen molar-refractivity contribution in [2.45, 2.75) is 12.5 Å². The molecule has 0 aliphatic carbocycles. The van der Waals surface area contributed by atoms with Crippen molar-refractivity contribution in [2.75, 3.05) is 0 Å². The lowest BCUT2D eigenvalue weighted by Crippen LogP contribution is -2.32. The number of nitrogens with two attached hydrogens (primary N) is 1. The third-order valence-electron chi connectivity index (χ3n) is 0.712. The average molecular weight is 135 g/mol. The van der Waals surface area contributed by atoms with Gasteiger partial charge in [-0.1, -0.05) is 0 Å². The molecule has 0 saturated carbocycles. The van der Waals surface area contributed by atoms with E-state index >= 15 is 0 Å². The van der Waals surface area contributed by atoms with Crippen molar-refractivity contribution in [3.05, 3.63) is 0 Å². The van der Waals surface area contributed by atoms with Crippen LogP contribution in [0.1, 0.15) is 6.42 Å². The lowest BCUT2D eigenvalue weighted by atomic mass is 10.3. The first-order chi connectivity index (χ1) is 4.04. The fraction of sp³-hybridized carbons (Fsp3) is 0.500. The highest BCUT2D eigenvalue weighted by molar-refractivity contribution is 5.80. The maximum atomic E-state index is 9.85. The van der Waals surface area contributed by atoms with E-state index in [1.54, 1.807) is 0 Å². The Hall–Kier alpha value is -1.10. The number of rotatable bonds is 3. The van der Waals surface area contributed by atoms with Gasteiger partial charge in [-0.05, 0) is 0 Å². The summed E-state index contributed by atoms with van der Waals surface area (Å²) in [6.07, 6.45) is -0.532. The minimum Gasteiger partial charge on any atom is -0.481 e. The van der Waals surface area contributed by atoms with Gasteiger partial charge in [-0.25, -0.2) is 0 Å². The van der Waals surface area contributed by atoms with E-state index in [0.29, 0.717) is 0 Å². The molecule has 0 aliphatic rings. The fourth-order valence-corrected chi connectivity index (χ4v) is 0.275. The molecule has 0 radical (unpaired) electrons. The molecule has 0 spiro atoms. The van der Waals surface area contributed by atoms with Crippen LogP contribution in [0.4, 0.5) is 0 Å². The molecule has 0 amide bonds. The summed E-state index contributed by atoms with van der Waals surface area (Å²) < 4.78 is 0. The quantitative estimate of drug-likeness (QED) is 0.336. The molecule has 0 aromatic carbocycles. The summed E-state index contributed by atoms with van der Waals surface area (Å²) in [7, 11) is 0. The Bertz CT molecular complexity index is 133. The molecule has 0 aliphatic heterocycles. The normalized spacial score (nSPS) is 12.6. The summed E-state index contributed by atoms with van der Waals surface area (Å²) in [6.45, 7) is 0. The van der Waals surface area contributed by atoms with Gasteiger partial charge >= 0.3 is 11.9 Å². The Labute approximate surface area is 51.1 Å². The summed E-state index contributed by atoms with van der Waals surface area (Å²) >= 11 is 0. The zero-order valence-corrected chi connectivity index (χ0v) is 4.57. The lowest BCUT2D eigenvalue weighted by Gasteiger charge is -1.99. The Kier molecular flexibility index (Phi) is 2.66. The molecule has 0 aromatic rings. The van der Waals surface area contributed by atoms with Gasteiger partial charge in [-0.15, -0.1) is 0 Å². The van der Waals surface area contributed by atoms with Crippen molar-refractivity contribution in [1.82, 2.24) is 0 Å². The Balaban J connectivity index is 3.63. The maximum absolute atomic E-state index is 9.85. The predicted octanol–water partition coefficient (Wildman–Crippen LogP) is -1.13. The Morgan fingerprint density at radius 3 is 2.00 bits per heavy atom. The van der Waals surface area contributed by atoms with Crippen LogP contribution in [-0.2, 0) is 9.59 Å². The second-order valence-corrected chi connectivity index (χ2v) is 1.54. The molecule has 0 bridgehead atoms. The zero-order valence-electron chi connectivity index (χ0n) is 4.57. The Morgan fingerprint density at radius 1 is 1.44 bits per heavy atom. The van der Waals surface area contributed by atoms with Crippen LogP contribution < -0.4 is 5.73 Å². The van der Waals surface area contributed by atoms with E-state index in [1.165, 1.54) is 0 Å². The number of carboxylic acid groups (broad SMARTS) is 2. The molecule has 52 valence electrons. The van der Waals surface area contributed by atoms with Crippen LogP contribution in [0.2, 0.25) is 0 Å². The van der Waals surface area contributed by atoms with Crippen molar-refractivity contribution in [1.29, 1.82) is 0 Å². The van der Waals surface area contributed by atoms with Gasteiger partial charge in [-0.3, -0.25) is 9.59 Å². The second-order valence-electron chi connectivity index (χ2n) is 1.54. The molecule has 9 heavy (non-hydrogen) atoms. The first kappa shape index (κ1) is 7.90. The van der Waals surface area contributed by atoms with Gasteiger partial charge in [0.05, 0.1) is 6.42 Å². The molecule has 1 atom stereocenters. The van der Waals surface area contributed by atoms with Gasteiger partial charge in [-0.2, -0.15) is 0 Å². The standard InChI is InChI=1S/C4H7NO4/c5-2(4(8)9)1-3(6)7/h2H,1,5H2,(H,6,7)(H,8,9)/t2-/m0/s1/i4+1,5+1. The van der Waals surface area contributed by atoms with E-state index in [0.717, 1.165) is 0 Å². The molecule has 5 nitrogen and oxygen atoms in total. The minimum absolute atomic E-state index is 0.532. The summed E-state index contributed by atoms with van der Waals surface area (Å²) in [5, 5.41) is 16.0. The fourth-order valence-electron chi connectivity index (χ4n) is 0.275. The van der Waals surface area contributed by atoms with Crippen molar-refractivity contribution in [3.8, 4) is 0 Å². The van der Waals surface area contributed by atoms with Crippen LogP contribution in [0, 0.1) is 0 Å². The lowest BCUT2D eigenvalue weighted by molar-refractivity contribution is -0.144. The molecule has 0 heterocycles. The number of hydrogen-bond donors (Lipinski definition) is 3. The molecule has 0 rings (SSSR count). The highest BCUT2D eigenvalue weighted by Gasteiger charge is 2.14. The SMILES string of the molecule is [15NH2][C@@H](CC(=O)O)[13C](=O)O. The molecule has 0 fully saturated rings. The highest BCUT2D eigenvalue weighted by Crippen LogP contribution is 1.86. The molecular weight excluding hydrogens is 128 g/mol. The smallest absolute Gasteiger partial charge is 0.321 e. The number of carbonyl (C=O) groups is 2. The molecule has 5 heteroatoms. The highest BCUT2D eigenvalue weighted by atomic mass is 16.5. The van der Waals surface area contributed by atoms with Crippen molar-refractivity contribution < 1.29 is 19.8 Å². The van der Waals surface area contributed by atoms with E-state index in [9.17, 15) is 9.59 Å². The number of carboxylic acids is 2. The van der Waals surface area contributed by atoms with Crippen molar-refractivity contribution in [2.24, 2.45) is 5.73 Å². The van der Waals surface area contributed by atoms with Crippen LogP contribution in [0.25, 0.3) is 0 Å². The van der Waals surface area contributed by atoms with Gasteiger partial charge < -0.3 is 15.9 Å². The summed E-state index contributed by atoms with van der Waals surface area (Å²) in [4.78, 5) is 19.6. The van der Waals surface area contributed by atoms with Crippen LogP contribution in [0.5, 0.6) is 0 Å². The van der Waals surface area contributed by atoms with Gasteiger partial charge in [0.15, 0.2) is 0 Å². The van der Waals surface area contributed by atoms with E-state index in [-0.39, 0.29) is 0 Å². The van der Waals surface area contributed by atoms with Gasteiger partial charge in [0.25, 0.3) is 0 Å². The third kappa shape index (κ3) is 3.48. The van der Waals surface area contributed by atoms with Gasteiger partial charge in [0.2, 0.25) is 0 Å². The zero-order chi connectivity index (χ0) is 7.44. The van der Waals surface area contributed by atoms with E-state index in [4.69, 9.17) is 15.9 Å². The van der Waals surface area contributed by atoms with Crippen LogP contribution in [-0.4, -0.2) is 28.2 Å². The monoisotopic (exact) mass is 135 g/mol. The second kappa shape index (κ2) is 3.03. The van der Waals surface area contributed by atoms with E-state index in [2.05, 4.69) is 0 Å².